The molecule has 7 heteroatoms. The number of Topliss-reactive ketones (excluding diaryl/α,β-unsaturated/α-hetero) is 1. The number of rotatable bonds is 6. The average molecular weight is 442 g/mol. The van der Waals surface area contributed by atoms with Gasteiger partial charge in [0, 0.05) is 29.2 Å². The van der Waals surface area contributed by atoms with Gasteiger partial charge in [-0.1, -0.05) is 20.8 Å². The molecule has 0 saturated heterocycles. The molecule has 0 fully saturated rings. The van der Waals surface area contributed by atoms with Crippen LogP contribution in [0, 0.1) is 12.8 Å². The van der Waals surface area contributed by atoms with Gasteiger partial charge in [-0.05, 0) is 45.8 Å². The summed E-state index contributed by atoms with van der Waals surface area (Å²) in [5.74, 6) is -1.50. The van der Waals surface area contributed by atoms with Crippen LogP contribution in [0.2, 0.25) is 0 Å². The summed E-state index contributed by atoms with van der Waals surface area (Å²) in [6, 6.07) is 0. The highest BCUT2D eigenvalue weighted by molar-refractivity contribution is 6.05. The molecule has 0 aliphatic carbocycles. The van der Waals surface area contributed by atoms with Gasteiger partial charge in [0.15, 0.2) is 5.78 Å². The van der Waals surface area contributed by atoms with Gasteiger partial charge in [-0.2, -0.15) is 0 Å². The average Bonchev–Trinajstić information content (AvgIpc) is 2.74. The molecule has 1 aromatic heterocycles. The number of aromatic amines is 1. The lowest BCUT2D eigenvalue weighted by molar-refractivity contribution is 0.0910. The molecule has 1 aromatic carbocycles. The van der Waals surface area contributed by atoms with E-state index < -0.39 is 16.9 Å². The van der Waals surface area contributed by atoms with Crippen molar-refractivity contribution in [2.24, 2.45) is 5.92 Å². The van der Waals surface area contributed by atoms with E-state index in [4.69, 9.17) is 4.74 Å². The number of phenols is 2. The molecular formula is C25H31NO6. The van der Waals surface area contributed by atoms with Crippen LogP contribution in [0.1, 0.15) is 79.3 Å². The third-order valence-corrected chi connectivity index (χ3v) is 6.20. The summed E-state index contributed by atoms with van der Waals surface area (Å²) in [5.41, 5.74) is 0.144. The molecule has 2 aromatic rings. The lowest BCUT2D eigenvalue weighted by Crippen LogP contribution is -2.29. The van der Waals surface area contributed by atoms with E-state index in [1.165, 1.54) is 0 Å². The largest absolute Gasteiger partial charge is 0.507 e. The van der Waals surface area contributed by atoms with Crippen molar-refractivity contribution >= 4 is 11.9 Å². The van der Waals surface area contributed by atoms with Crippen molar-refractivity contribution in [2.45, 2.75) is 66.4 Å². The molecule has 0 saturated carbocycles. The first kappa shape index (κ1) is 23.4. The fourth-order valence-corrected chi connectivity index (χ4v) is 3.92. The van der Waals surface area contributed by atoms with E-state index >= 15 is 0 Å². The molecule has 4 N–H and O–H groups in total. The minimum atomic E-state index is -0.736. The number of aromatic hydroxyl groups is 3. The van der Waals surface area contributed by atoms with E-state index in [9.17, 15) is 24.9 Å². The van der Waals surface area contributed by atoms with Crippen molar-refractivity contribution in [3.8, 4) is 23.0 Å². The molecule has 32 heavy (non-hydrogen) atoms. The van der Waals surface area contributed by atoms with Gasteiger partial charge in [0.05, 0.1) is 11.1 Å². The Kier molecular flexibility index (Phi) is 6.13. The Balaban J connectivity index is 2.29. The van der Waals surface area contributed by atoms with Crippen LogP contribution in [0.25, 0.3) is 6.08 Å². The lowest BCUT2D eigenvalue weighted by atomic mass is 9.87. The van der Waals surface area contributed by atoms with Crippen molar-refractivity contribution in [3.05, 3.63) is 49.9 Å². The number of pyridine rings is 1. The summed E-state index contributed by atoms with van der Waals surface area (Å²) in [7, 11) is 0. The van der Waals surface area contributed by atoms with Crippen LogP contribution in [-0.4, -0.2) is 31.7 Å². The molecular weight excluding hydrogens is 410 g/mol. The molecule has 1 atom stereocenters. The van der Waals surface area contributed by atoms with E-state index in [1.807, 2.05) is 27.7 Å². The number of hydrogen-bond donors (Lipinski definition) is 4. The second kappa shape index (κ2) is 8.37. The number of carbonyl (C=O) groups is 1. The number of carbonyl (C=O) groups excluding carboxylic acids is 1. The Bertz CT molecular complexity index is 1170. The molecule has 0 amide bonds. The SMILES string of the molecule is CCc1[nH]c(=O)c(Cc2c(O)c3c(c(C(=O)[C@@H](C)CC)c2O)OC(C)(C)C=C3)c(O)c1C. The summed E-state index contributed by atoms with van der Waals surface area (Å²) in [5, 5.41) is 32.8. The van der Waals surface area contributed by atoms with Crippen LogP contribution in [0.4, 0.5) is 0 Å². The number of nitrogens with one attached hydrogen (secondary N) is 1. The predicted octanol–water partition coefficient (Wildman–Crippen LogP) is 4.37. The minimum absolute atomic E-state index is 0.00666. The number of ether oxygens (including phenoxy) is 1. The number of hydrogen-bond acceptors (Lipinski definition) is 6. The van der Waals surface area contributed by atoms with Gasteiger partial charge in [0.25, 0.3) is 5.56 Å². The molecule has 0 unspecified atom stereocenters. The molecule has 172 valence electrons. The molecule has 1 aliphatic rings. The monoisotopic (exact) mass is 441 g/mol. The van der Waals surface area contributed by atoms with E-state index in [1.54, 1.807) is 26.0 Å². The third-order valence-electron chi connectivity index (χ3n) is 6.20. The number of benzene rings is 1. The minimum Gasteiger partial charge on any atom is -0.507 e. The van der Waals surface area contributed by atoms with Gasteiger partial charge in [0.1, 0.15) is 34.2 Å². The number of aryl methyl sites for hydroxylation is 1. The smallest absolute Gasteiger partial charge is 0.255 e. The number of ketones is 1. The standard InChI is InChI=1S/C25H31NO6/c1-7-12(3)19(27)18-22(30)15(21(29)14-9-10-25(5,6)32-23(14)18)11-16-20(28)13(4)17(8-2)26-24(16)31/h9-10,12,29-30H,7-8,11H2,1-6H3,(H2,26,28,31)/t12-/m0/s1. The zero-order valence-electron chi connectivity index (χ0n) is 19.4. The molecule has 0 spiro atoms. The number of aromatic nitrogens is 1. The topological polar surface area (TPSA) is 120 Å². The quantitative estimate of drug-likeness (QED) is 0.494. The first-order valence-corrected chi connectivity index (χ1v) is 10.9. The highest BCUT2D eigenvalue weighted by Gasteiger charge is 2.35. The molecule has 1 aliphatic heterocycles. The van der Waals surface area contributed by atoms with Gasteiger partial charge in [-0.15, -0.1) is 0 Å². The zero-order valence-corrected chi connectivity index (χ0v) is 19.4. The van der Waals surface area contributed by atoms with Gasteiger partial charge in [-0.25, -0.2) is 0 Å². The van der Waals surface area contributed by atoms with Crippen LogP contribution < -0.4 is 10.3 Å². The maximum Gasteiger partial charge on any atom is 0.255 e. The Hall–Kier alpha value is -3.22. The van der Waals surface area contributed by atoms with E-state index in [2.05, 4.69) is 4.98 Å². The molecule has 0 radical (unpaired) electrons. The van der Waals surface area contributed by atoms with Crippen molar-refractivity contribution in [2.75, 3.05) is 0 Å². The normalized spacial score (nSPS) is 15.2. The molecule has 0 bridgehead atoms. The summed E-state index contributed by atoms with van der Waals surface area (Å²) in [6.45, 7) is 10.8. The molecule has 2 heterocycles. The third kappa shape index (κ3) is 3.87. The zero-order chi connectivity index (χ0) is 24.0. The Morgan fingerprint density at radius 3 is 2.38 bits per heavy atom. The van der Waals surface area contributed by atoms with Crippen LogP contribution in [0.15, 0.2) is 10.9 Å². The fourth-order valence-electron chi connectivity index (χ4n) is 3.92. The van der Waals surface area contributed by atoms with Gasteiger partial charge in [0.2, 0.25) is 0 Å². The van der Waals surface area contributed by atoms with Gasteiger partial charge >= 0.3 is 0 Å². The van der Waals surface area contributed by atoms with Gasteiger partial charge < -0.3 is 25.0 Å². The van der Waals surface area contributed by atoms with E-state index in [-0.39, 0.29) is 57.6 Å². The Morgan fingerprint density at radius 1 is 1.12 bits per heavy atom. The number of fused-ring (bicyclic) bond motifs is 1. The van der Waals surface area contributed by atoms with Crippen molar-refractivity contribution < 1.29 is 24.9 Å². The van der Waals surface area contributed by atoms with E-state index in [0.717, 1.165) is 0 Å². The number of H-pyrrole nitrogens is 1. The second-order valence-electron chi connectivity index (χ2n) is 8.92. The van der Waals surface area contributed by atoms with Crippen LogP contribution in [0.3, 0.4) is 0 Å². The van der Waals surface area contributed by atoms with Crippen LogP contribution in [-0.2, 0) is 12.8 Å². The van der Waals surface area contributed by atoms with Crippen LogP contribution in [0.5, 0.6) is 23.0 Å². The maximum absolute atomic E-state index is 13.2. The van der Waals surface area contributed by atoms with Crippen molar-refractivity contribution in [1.29, 1.82) is 0 Å². The summed E-state index contributed by atoms with van der Waals surface area (Å²) in [6.07, 6.45) is 4.24. The fraction of sp³-hybridized carbons (Fsp3) is 0.440. The number of phenolic OH excluding ortho intramolecular Hbond substituents is 2. The van der Waals surface area contributed by atoms with Crippen LogP contribution >= 0.6 is 0 Å². The van der Waals surface area contributed by atoms with Crippen molar-refractivity contribution in [3.63, 3.8) is 0 Å². The maximum atomic E-state index is 13.2. The first-order valence-electron chi connectivity index (χ1n) is 10.9. The molecule has 3 rings (SSSR count). The second-order valence-corrected chi connectivity index (χ2v) is 8.92. The highest BCUT2D eigenvalue weighted by atomic mass is 16.5. The lowest BCUT2D eigenvalue weighted by Gasteiger charge is -2.31. The summed E-state index contributed by atoms with van der Waals surface area (Å²) >= 11 is 0. The highest BCUT2D eigenvalue weighted by Crippen LogP contribution is 2.48. The van der Waals surface area contributed by atoms with E-state index in [0.29, 0.717) is 24.1 Å². The first-order chi connectivity index (χ1) is 14.9. The Morgan fingerprint density at radius 2 is 1.78 bits per heavy atom. The summed E-state index contributed by atoms with van der Waals surface area (Å²) < 4.78 is 5.99. The van der Waals surface area contributed by atoms with Crippen molar-refractivity contribution in [1.82, 2.24) is 4.98 Å². The van der Waals surface area contributed by atoms with Gasteiger partial charge in [-0.3, -0.25) is 9.59 Å². The molecule has 7 nitrogen and oxygen atoms in total. The predicted molar refractivity (Wildman–Crippen MR) is 123 cm³/mol. The Labute approximate surface area is 187 Å². The summed E-state index contributed by atoms with van der Waals surface area (Å²) in [4.78, 5) is 28.6.